The molecule has 6 heteroatoms. The summed E-state index contributed by atoms with van der Waals surface area (Å²) in [5.74, 6) is -1.25. The van der Waals surface area contributed by atoms with Gasteiger partial charge in [0.2, 0.25) is 0 Å². The number of rotatable bonds is 5. The highest BCUT2D eigenvalue weighted by molar-refractivity contribution is 7.99. The summed E-state index contributed by atoms with van der Waals surface area (Å²) in [5, 5.41) is 15.2. The van der Waals surface area contributed by atoms with Gasteiger partial charge in [-0.2, -0.15) is 11.8 Å². The van der Waals surface area contributed by atoms with Crippen molar-refractivity contribution in [1.29, 1.82) is 0 Å². The molecule has 1 aliphatic rings. The average molecular weight is 288 g/mol. The van der Waals surface area contributed by atoms with Gasteiger partial charge >= 0.3 is 12.0 Å². The molecule has 2 amide bonds. The van der Waals surface area contributed by atoms with E-state index < -0.39 is 11.9 Å². The molecule has 0 aromatic carbocycles. The van der Waals surface area contributed by atoms with Gasteiger partial charge in [-0.05, 0) is 19.1 Å². The largest absolute Gasteiger partial charge is 0.481 e. The van der Waals surface area contributed by atoms with Gasteiger partial charge < -0.3 is 15.7 Å². The van der Waals surface area contributed by atoms with Crippen molar-refractivity contribution in [3.8, 4) is 0 Å². The second-order valence-corrected chi connectivity index (χ2v) is 6.37. The van der Waals surface area contributed by atoms with Crippen molar-refractivity contribution in [2.45, 2.75) is 50.3 Å². The van der Waals surface area contributed by atoms with Crippen LogP contribution in [0.25, 0.3) is 0 Å². The Hall–Kier alpha value is -0.910. The van der Waals surface area contributed by atoms with Crippen LogP contribution >= 0.6 is 11.8 Å². The third kappa shape index (κ3) is 5.72. The van der Waals surface area contributed by atoms with E-state index in [0.29, 0.717) is 18.2 Å². The molecule has 0 aromatic heterocycles. The summed E-state index contributed by atoms with van der Waals surface area (Å²) in [7, 11) is 0. The first-order chi connectivity index (χ1) is 9.04. The number of carboxylic acids is 1. The van der Waals surface area contributed by atoms with Gasteiger partial charge in [0.25, 0.3) is 0 Å². The molecule has 19 heavy (non-hydrogen) atoms. The second-order valence-electron chi connectivity index (χ2n) is 5.09. The molecule has 1 rings (SSSR count). The fraction of sp³-hybridized carbons (Fsp3) is 0.846. The average Bonchev–Trinajstić information content (AvgIpc) is 2.61. The van der Waals surface area contributed by atoms with Gasteiger partial charge in [-0.1, -0.05) is 26.2 Å². The zero-order valence-electron chi connectivity index (χ0n) is 11.6. The molecule has 0 heterocycles. The molecule has 5 nitrogen and oxygen atoms in total. The predicted octanol–water partition coefficient (Wildman–Crippen LogP) is 2.07. The minimum absolute atomic E-state index is 0.246. The molecule has 3 unspecified atom stereocenters. The first-order valence-electron chi connectivity index (χ1n) is 6.84. The first-order valence-corrected chi connectivity index (χ1v) is 8.13. The van der Waals surface area contributed by atoms with E-state index in [9.17, 15) is 14.7 Å². The lowest BCUT2D eigenvalue weighted by Gasteiger charge is -2.23. The van der Waals surface area contributed by atoms with Crippen LogP contribution in [0.1, 0.15) is 39.0 Å². The number of carbonyl (C=O) groups excluding carboxylic acids is 1. The first kappa shape index (κ1) is 16.1. The van der Waals surface area contributed by atoms with Gasteiger partial charge in [-0.25, -0.2) is 4.79 Å². The van der Waals surface area contributed by atoms with Gasteiger partial charge in [-0.15, -0.1) is 0 Å². The number of amides is 2. The van der Waals surface area contributed by atoms with Gasteiger partial charge in [0.05, 0.1) is 5.92 Å². The van der Waals surface area contributed by atoms with E-state index in [1.54, 1.807) is 11.8 Å². The maximum atomic E-state index is 11.8. The van der Waals surface area contributed by atoms with Crippen LogP contribution in [0, 0.1) is 5.92 Å². The summed E-state index contributed by atoms with van der Waals surface area (Å²) in [6.07, 6.45) is 6.36. The number of aliphatic carboxylic acids is 1. The zero-order valence-corrected chi connectivity index (χ0v) is 12.5. The highest BCUT2D eigenvalue weighted by Crippen LogP contribution is 2.23. The van der Waals surface area contributed by atoms with Crippen LogP contribution in [0.4, 0.5) is 4.79 Å². The SMILES string of the molecule is CSC(C)CNC(=O)NC1CCCCCC1C(=O)O. The van der Waals surface area contributed by atoms with Crippen LogP contribution < -0.4 is 10.6 Å². The molecule has 0 spiro atoms. The Morgan fingerprint density at radius 1 is 1.32 bits per heavy atom. The Morgan fingerprint density at radius 3 is 2.63 bits per heavy atom. The van der Waals surface area contributed by atoms with Crippen molar-refractivity contribution >= 4 is 23.8 Å². The molecule has 0 bridgehead atoms. The summed E-state index contributed by atoms with van der Waals surface area (Å²) < 4.78 is 0. The molecule has 0 aromatic rings. The summed E-state index contributed by atoms with van der Waals surface area (Å²) >= 11 is 1.68. The molecule has 3 N–H and O–H groups in total. The zero-order chi connectivity index (χ0) is 14.3. The fourth-order valence-corrected chi connectivity index (χ4v) is 2.57. The van der Waals surface area contributed by atoms with E-state index in [1.807, 2.05) is 13.2 Å². The third-order valence-corrected chi connectivity index (χ3v) is 4.57. The number of carboxylic acid groups (broad SMARTS) is 1. The molecule has 0 aliphatic heterocycles. The normalized spacial score (nSPS) is 25.2. The topological polar surface area (TPSA) is 78.4 Å². The number of urea groups is 1. The van der Waals surface area contributed by atoms with E-state index >= 15 is 0 Å². The lowest BCUT2D eigenvalue weighted by molar-refractivity contribution is -0.142. The lowest BCUT2D eigenvalue weighted by Crippen LogP contribution is -2.48. The van der Waals surface area contributed by atoms with Gasteiger partial charge in [0.1, 0.15) is 0 Å². The number of hydrogen-bond donors (Lipinski definition) is 3. The summed E-state index contributed by atoms with van der Waals surface area (Å²) in [5.41, 5.74) is 0. The maximum Gasteiger partial charge on any atom is 0.315 e. The summed E-state index contributed by atoms with van der Waals surface area (Å²) in [4.78, 5) is 23.0. The molecule has 1 fully saturated rings. The van der Waals surface area contributed by atoms with E-state index in [0.717, 1.165) is 25.7 Å². The Labute approximate surface area is 118 Å². The van der Waals surface area contributed by atoms with Crippen LogP contribution in [0.15, 0.2) is 0 Å². The smallest absolute Gasteiger partial charge is 0.315 e. The quantitative estimate of drug-likeness (QED) is 0.677. The van der Waals surface area contributed by atoms with Gasteiger partial charge in [0.15, 0.2) is 0 Å². The molecule has 1 saturated carbocycles. The van der Waals surface area contributed by atoms with Crippen LogP contribution in [0.2, 0.25) is 0 Å². The second kappa shape index (κ2) is 8.30. The summed E-state index contributed by atoms with van der Waals surface area (Å²) in [6, 6.07) is -0.497. The fourth-order valence-electron chi connectivity index (χ4n) is 2.32. The van der Waals surface area contributed by atoms with E-state index in [4.69, 9.17) is 0 Å². The molecular formula is C13H24N2O3S. The van der Waals surface area contributed by atoms with Crippen molar-refractivity contribution in [2.75, 3.05) is 12.8 Å². The summed E-state index contributed by atoms with van der Waals surface area (Å²) in [6.45, 7) is 2.63. The molecule has 3 atom stereocenters. The number of hydrogen-bond acceptors (Lipinski definition) is 3. The molecule has 0 saturated heterocycles. The number of thioether (sulfide) groups is 1. The van der Waals surface area contributed by atoms with Gasteiger partial charge in [0, 0.05) is 17.8 Å². The van der Waals surface area contributed by atoms with Gasteiger partial charge in [-0.3, -0.25) is 4.79 Å². The van der Waals surface area contributed by atoms with Crippen LogP contribution in [-0.4, -0.2) is 41.2 Å². The predicted molar refractivity (Wildman–Crippen MR) is 77.5 cm³/mol. The molecule has 110 valence electrons. The standard InChI is InChI=1S/C13H24N2O3S/c1-9(19-2)8-14-13(18)15-11-7-5-3-4-6-10(11)12(16)17/h9-11H,3-8H2,1-2H3,(H,16,17)(H2,14,15,18). The Morgan fingerprint density at radius 2 is 2.00 bits per heavy atom. The Kier molecular flexibility index (Phi) is 7.05. The van der Waals surface area contributed by atoms with Crippen LogP contribution in [0.5, 0.6) is 0 Å². The minimum Gasteiger partial charge on any atom is -0.481 e. The van der Waals surface area contributed by atoms with Crippen molar-refractivity contribution < 1.29 is 14.7 Å². The Balaban J connectivity index is 2.46. The van der Waals surface area contributed by atoms with Crippen LogP contribution in [0.3, 0.4) is 0 Å². The Bertz CT molecular complexity index is 312. The maximum absolute atomic E-state index is 11.8. The van der Waals surface area contributed by atoms with Crippen LogP contribution in [-0.2, 0) is 4.79 Å². The highest BCUT2D eigenvalue weighted by Gasteiger charge is 2.30. The number of nitrogens with one attached hydrogen (secondary N) is 2. The van der Waals surface area contributed by atoms with E-state index in [-0.39, 0.29) is 12.1 Å². The molecule has 0 radical (unpaired) electrons. The van der Waals surface area contributed by atoms with Crippen molar-refractivity contribution in [3.05, 3.63) is 0 Å². The molecule has 1 aliphatic carbocycles. The van der Waals surface area contributed by atoms with Crippen molar-refractivity contribution in [3.63, 3.8) is 0 Å². The van der Waals surface area contributed by atoms with Crippen molar-refractivity contribution in [1.82, 2.24) is 10.6 Å². The lowest BCUT2D eigenvalue weighted by atomic mass is 9.95. The minimum atomic E-state index is -0.801. The van der Waals surface area contributed by atoms with E-state index in [1.165, 1.54) is 0 Å². The third-order valence-electron chi connectivity index (χ3n) is 3.60. The van der Waals surface area contributed by atoms with E-state index in [2.05, 4.69) is 10.6 Å². The number of carbonyl (C=O) groups is 2. The monoisotopic (exact) mass is 288 g/mol. The molecular weight excluding hydrogens is 264 g/mol. The van der Waals surface area contributed by atoms with Crippen molar-refractivity contribution in [2.24, 2.45) is 5.92 Å². The highest BCUT2D eigenvalue weighted by atomic mass is 32.2.